The van der Waals surface area contributed by atoms with Gasteiger partial charge in [0.05, 0.1) is 19.3 Å². The number of phenols is 1. The number of aliphatic hydroxyl groups is 3. The Hall–Kier alpha value is -3.11. The normalized spacial score (nSPS) is 24.0. The number of aromatic hydroxyl groups is 1. The molecule has 0 saturated carbocycles. The maximum absolute atomic E-state index is 13.2. The van der Waals surface area contributed by atoms with Crippen LogP contribution < -0.4 is 14.9 Å². The zero-order valence-corrected chi connectivity index (χ0v) is 15.9. The van der Waals surface area contributed by atoms with Crippen molar-refractivity contribution < 1.29 is 39.1 Å². The zero-order chi connectivity index (χ0) is 21.4. The molecule has 0 bridgehead atoms. The minimum absolute atomic E-state index is 0.0255. The Balaban J connectivity index is 1.78. The second-order valence-electron chi connectivity index (χ2n) is 6.89. The van der Waals surface area contributed by atoms with Gasteiger partial charge >= 0.3 is 0 Å². The summed E-state index contributed by atoms with van der Waals surface area (Å²) in [7, 11) is 1.53. The van der Waals surface area contributed by atoms with Crippen LogP contribution in [0.2, 0.25) is 0 Å². The van der Waals surface area contributed by atoms with E-state index in [1.54, 1.807) is 24.3 Å². The molecule has 0 spiro atoms. The van der Waals surface area contributed by atoms with E-state index in [0.717, 1.165) is 0 Å². The summed E-state index contributed by atoms with van der Waals surface area (Å²) < 4.78 is 21.5. The highest BCUT2D eigenvalue weighted by Gasteiger charge is 2.39. The largest absolute Gasteiger partial charge is 0.508 e. The van der Waals surface area contributed by atoms with E-state index in [-0.39, 0.29) is 34.6 Å². The van der Waals surface area contributed by atoms with Crippen LogP contribution in [0.25, 0.3) is 22.1 Å². The molecular weight excluding hydrogens is 396 g/mol. The molecule has 1 saturated heterocycles. The average molecular weight is 416 g/mol. The lowest BCUT2D eigenvalue weighted by molar-refractivity contribution is -0.241. The van der Waals surface area contributed by atoms with Gasteiger partial charge in [0.2, 0.25) is 11.7 Å². The third kappa shape index (κ3) is 3.59. The third-order valence-corrected chi connectivity index (χ3v) is 4.92. The van der Waals surface area contributed by atoms with Crippen molar-refractivity contribution in [3.63, 3.8) is 0 Å². The number of rotatable bonds is 4. The van der Waals surface area contributed by atoms with E-state index in [1.165, 1.54) is 25.5 Å². The molecule has 158 valence electrons. The predicted molar refractivity (Wildman–Crippen MR) is 105 cm³/mol. The molecule has 4 atom stereocenters. The topological polar surface area (TPSA) is 139 Å². The highest BCUT2D eigenvalue weighted by Crippen LogP contribution is 2.33. The van der Waals surface area contributed by atoms with Crippen LogP contribution in [0.3, 0.4) is 0 Å². The van der Waals surface area contributed by atoms with Gasteiger partial charge in [0.15, 0.2) is 0 Å². The Morgan fingerprint density at radius 2 is 1.80 bits per heavy atom. The van der Waals surface area contributed by atoms with E-state index in [0.29, 0.717) is 11.3 Å². The molecule has 9 heteroatoms. The molecule has 1 fully saturated rings. The molecule has 9 nitrogen and oxygen atoms in total. The van der Waals surface area contributed by atoms with Gasteiger partial charge in [0, 0.05) is 12.1 Å². The van der Waals surface area contributed by atoms with Crippen LogP contribution in [-0.2, 0) is 4.74 Å². The van der Waals surface area contributed by atoms with Crippen molar-refractivity contribution in [2.45, 2.75) is 24.6 Å². The predicted octanol–water partition coefficient (Wildman–Crippen LogP) is 0.992. The van der Waals surface area contributed by atoms with E-state index in [1.807, 2.05) is 0 Å². The zero-order valence-electron chi connectivity index (χ0n) is 15.9. The number of methoxy groups -OCH3 is 1. The van der Waals surface area contributed by atoms with Crippen molar-refractivity contribution in [3.8, 4) is 28.4 Å². The maximum Gasteiger partial charge on any atom is 0.228 e. The molecule has 0 radical (unpaired) electrons. The fourth-order valence-electron chi connectivity index (χ4n) is 3.27. The van der Waals surface area contributed by atoms with Crippen molar-refractivity contribution in [1.82, 2.24) is 0 Å². The third-order valence-electron chi connectivity index (χ3n) is 4.92. The van der Waals surface area contributed by atoms with Gasteiger partial charge in [-0.05, 0) is 17.7 Å². The van der Waals surface area contributed by atoms with Gasteiger partial charge in [-0.25, -0.2) is 0 Å². The van der Waals surface area contributed by atoms with Gasteiger partial charge in [-0.15, -0.1) is 0 Å². The lowest BCUT2D eigenvalue weighted by Gasteiger charge is -2.35. The van der Waals surface area contributed by atoms with Gasteiger partial charge in [-0.3, -0.25) is 4.79 Å². The number of ether oxygens (including phenoxy) is 3. The molecule has 3 aromatic rings. The Morgan fingerprint density at radius 3 is 2.50 bits per heavy atom. The Kier molecular flexibility index (Phi) is 5.35. The van der Waals surface area contributed by atoms with Crippen molar-refractivity contribution >= 4 is 11.0 Å². The quantitative estimate of drug-likeness (QED) is 0.490. The van der Waals surface area contributed by atoms with E-state index in [4.69, 9.17) is 18.6 Å². The summed E-state index contributed by atoms with van der Waals surface area (Å²) in [5.74, 6) is 0.299. The average Bonchev–Trinajstić information content (AvgIpc) is 2.74. The highest BCUT2D eigenvalue weighted by atomic mass is 16.7. The Morgan fingerprint density at radius 1 is 1.07 bits per heavy atom. The van der Waals surface area contributed by atoms with Crippen LogP contribution in [0.15, 0.2) is 51.9 Å². The van der Waals surface area contributed by atoms with Crippen LogP contribution in [0, 0.1) is 0 Å². The first-order valence-corrected chi connectivity index (χ1v) is 9.14. The SMILES string of the molecule is COc1ccc(-c2coc3cc(O)cc(OC4OCC(O)C(O)C4O)c3c2=O)cc1. The Bertz CT molecular complexity index is 1110. The first-order valence-electron chi connectivity index (χ1n) is 9.14. The van der Waals surface area contributed by atoms with Crippen molar-refractivity contribution in [2.75, 3.05) is 13.7 Å². The van der Waals surface area contributed by atoms with Gasteiger partial charge < -0.3 is 39.1 Å². The summed E-state index contributed by atoms with van der Waals surface area (Å²) in [6, 6.07) is 9.24. The van der Waals surface area contributed by atoms with E-state index in [2.05, 4.69) is 0 Å². The molecule has 2 aromatic carbocycles. The monoisotopic (exact) mass is 416 g/mol. The second-order valence-corrected chi connectivity index (χ2v) is 6.89. The van der Waals surface area contributed by atoms with Crippen molar-refractivity contribution in [2.24, 2.45) is 0 Å². The minimum Gasteiger partial charge on any atom is -0.508 e. The van der Waals surface area contributed by atoms with Crippen LogP contribution in [-0.4, -0.2) is 58.7 Å². The lowest BCUT2D eigenvalue weighted by Crippen LogP contribution is -2.54. The van der Waals surface area contributed by atoms with Gasteiger partial charge in [0.25, 0.3) is 0 Å². The molecule has 0 aliphatic carbocycles. The number of aliphatic hydroxyl groups excluding tert-OH is 3. The summed E-state index contributed by atoms with van der Waals surface area (Å²) in [6.45, 7) is -0.272. The van der Waals surface area contributed by atoms with Gasteiger partial charge in [-0.1, -0.05) is 12.1 Å². The standard InChI is InChI=1S/C21H20O9/c1-27-12-4-2-10(3-5-12)13-8-28-15-6-11(22)7-16(17(15)18(13)24)30-21-20(26)19(25)14(23)9-29-21/h2-8,14,19-23,25-26H,9H2,1H3. The van der Waals surface area contributed by atoms with Crippen LogP contribution >= 0.6 is 0 Å². The molecular formula is C21H20O9. The lowest BCUT2D eigenvalue weighted by atomic mass is 10.0. The summed E-state index contributed by atoms with van der Waals surface area (Å²) in [5.41, 5.74) is 0.472. The van der Waals surface area contributed by atoms with Crippen LogP contribution in [0.5, 0.6) is 17.2 Å². The first kappa shape index (κ1) is 20.2. The molecule has 1 aromatic heterocycles. The minimum atomic E-state index is -1.57. The van der Waals surface area contributed by atoms with Crippen molar-refractivity contribution in [3.05, 3.63) is 52.9 Å². The molecule has 4 N–H and O–H groups in total. The molecule has 0 amide bonds. The highest BCUT2D eigenvalue weighted by molar-refractivity contribution is 5.88. The Labute approximate surface area is 170 Å². The second kappa shape index (κ2) is 7.96. The number of benzene rings is 2. The molecule has 1 aliphatic rings. The fraction of sp³-hybridized carbons (Fsp3) is 0.286. The van der Waals surface area contributed by atoms with Crippen LogP contribution in [0.1, 0.15) is 0 Å². The van der Waals surface area contributed by atoms with E-state index < -0.39 is 30.0 Å². The first-order chi connectivity index (χ1) is 14.4. The van der Waals surface area contributed by atoms with Crippen molar-refractivity contribution in [1.29, 1.82) is 0 Å². The van der Waals surface area contributed by atoms with E-state index >= 15 is 0 Å². The van der Waals surface area contributed by atoms with Gasteiger partial charge in [0.1, 0.15) is 52.8 Å². The summed E-state index contributed by atoms with van der Waals surface area (Å²) in [4.78, 5) is 13.2. The number of hydrogen-bond donors (Lipinski definition) is 4. The smallest absolute Gasteiger partial charge is 0.228 e. The maximum atomic E-state index is 13.2. The molecule has 4 unspecified atom stereocenters. The molecule has 30 heavy (non-hydrogen) atoms. The molecule has 1 aliphatic heterocycles. The van der Waals surface area contributed by atoms with Crippen LogP contribution in [0.4, 0.5) is 0 Å². The summed E-state index contributed by atoms with van der Waals surface area (Å²) in [5, 5.41) is 39.6. The molecule has 4 rings (SSSR count). The number of fused-ring (bicyclic) bond motifs is 1. The molecule has 2 heterocycles. The fourth-order valence-corrected chi connectivity index (χ4v) is 3.27. The van der Waals surface area contributed by atoms with E-state index in [9.17, 15) is 25.2 Å². The number of phenolic OH excluding ortho intramolecular Hbond substituents is 1. The summed E-state index contributed by atoms with van der Waals surface area (Å²) >= 11 is 0. The van der Waals surface area contributed by atoms with Gasteiger partial charge in [-0.2, -0.15) is 0 Å². The summed E-state index contributed by atoms with van der Waals surface area (Å²) in [6.07, 6.45) is -4.41. The number of hydrogen-bond acceptors (Lipinski definition) is 9.